The van der Waals surface area contributed by atoms with E-state index in [1.165, 1.54) is 6.92 Å². The SMILES string of the molecule is CC(=O)OC1CC/C=C\C(Br)CC1. The molecule has 3 heteroatoms. The van der Waals surface area contributed by atoms with Crippen LogP contribution >= 0.6 is 15.9 Å². The molecule has 0 fully saturated rings. The molecule has 2 atom stereocenters. The second-order valence-corrected chi connectivity index (χ2v) is 4.51. The summed E-state index contributed by atoms with van der Waals surface area (Å²) in [7, 11) is 0. The van der Waals surface area contributed by atoms with E-state index < -0.39 is 0 Å². The molecule has 1 aliphatic carbocycles. The van der Waals surface area contributed by atoms with E-state index in [1.54, 1.807) is 0 Å². The maximum Gasteiger partial charge on any atom is 0.302 e. The van der Waals surface area contributed by atoms with Gasteiger partial charge in [0.25, 0.3) is 0 Å². The van der Waals surface area contributed by atoms with Gasteiger partial charge in [-0.1, -0.05) is 28.1 Å². The van der Waals surface area contributed by atoms with E-state index in [-0.39, 0.29) is 12.1 Å². The van der Waals surface area contributed by atoms with Gasteiger partial charge in [-0.05, 0) is 25.7 Å². The number of ether oxygens (including phenoxy) is 1. The van der Waals surface area contributed by atoms with E-state index >= 15 is 0 Å². The number of hydrogen-bond donors (Lipinski definition) is 0. The highest BCUT2D eigenvalue weighted by Crippen LogP contribution is 2.19. The molecule has 0 N–H and O–H groups in total. The third-order valence-corrected chi connectivity index (χ3v) is 2.86. The molecule has 0 radical (unpaired) electrons. The highest BCUT2D eigenvalue weighted by molar-refractivity contribution is 9.09. The average Bonchev–Trinajstić information content (AvgIpc) is 2.03. The lowest BCUT2D eigenvalue weighted by Gasteiger charge is -2.19. The van der Waals surface area contributed by atoms with Crippen molar-refractivity contribution in [3.63, 3.8) is 0 Å². The Labute approximate surface area is 87.5 Å². The molecule has 0 saturated heterocycles. The Kier molecular flexibility index (Phi) is 4.50. The van der Waals surface area contributed by atoms with Gasteiger partial charge in [0.1, 0.15) is 6.10 Å². The molecule has 0 saturated carbocycles. The third-order valence-electron chi connectivity index (χ3n) is 2.10. The van der Waals surface area contributed by atoms with Gasteiger partial charge < -0.3 is 4.74 Å². The molecule has 2 unspecified atom stereocenters. The second-order valence-electron chi connectivity index (χ2n) is 3.33. The van der Waals surface area contributed by atoms with Gasteiger partial charge in [0.05, 0.1) is 0 Å². The Bertz CT molecular complexity index is 201. The summed E-state index contributed by atoms with van der Waals surface area (Å²) in [6, 6.07) is 0. The lowest BCUT2D eigenvalue weighted by Crippen LogP contribution is -2.18. The number of hydrogen-bond acceptors (Lipinski definition) is 2. The molecule has 0 heterocycles. The van der Waals surface area contributed by atoms with E-state index in [4.69, 9.17) is 4.74 Å². The highest BCUT2D eigenvalue weighted by Gasteiger charge is 2.14. The number of esters is 1. The standard InChI is InChI=1S/C10H15BrO2/c1-8(12)13-10-5-3-2-4-9(11)6-7-10/h2,4,9-10H,3,5-7H2,1H3/b4-2-. The Hall–Kier alpha value is -0.310. The molecule has 13 heavy (non-hydrogen) atoms. The van der Waals surface area contributed by atoms with Gasteiger partial charge in [-0.2, -0.15) is 0 Å². The van der Waals surface area contributed by atoms with E-state index in [2.05, 4.69) is 28.1 Å². The van der Waals surface area contributed by atoms with Crippen molar-refractivity contribution in [1.29, 1.82) is 0 Å². The van der Waals surface area contributed by atoms with Crippen LogP contribution in [-0.4, -0.2) is 16.9 Å². The highest BCUT2D eigenvalue weighted by atomic mass is 79.9. The van der Waals surface area contributed by atoms with Gasteiger partial charge in [0.15, 0.2) is 0 Å². The molecule has 2 nitrogen and oxygen atoms in total. The monoisotopic (exact) mass is 246 g/mol. The minimum Gasteiger partial charge on any atom is -0.463 e. The third kappa shape index (κ3) is 4.46. The first-order valence-corrected chi connectivity index (χ1v) is 5.58. The maximum absolute atomic E-state index is 10.7. The van der Waals surface area contributed by atoms with E-state index in [1.807, 2.05) is 0 Å². The summed E-state index contributed by atoms with van der Waals surface area (Å²) >= 11 is 3.54. The van der Waals surface area contributed by atoms with Crippen molar-refractivity contribution in [2.45, 2.75) is 43.5 Å². The molecule has 0 amide bonds. The first kappa shape index (κ1) is 10.8. The summed E-state index contributed by atoms with van der Waals surface area (Å²) in [6.45, 7) is 1.47. The van der Waals surface area contributed by atoms with Crippen LogP contribution in [0.3, 0.4) is 0 Å². The molecule has 0 aromatic rings. The molecular weight excluding hydrogens is 232 g/mol. The van der Waals surface area contributed by atoms with Crippen LogP contribution in [-0.2, 0) is 9.53 Å². The van der Waals surface area contributed by atoms with Gasteiger partial charge in [-0.3, -0.25) is 4.79 Å². The zero-order valence-corrected chi connectivity index (χ0v) is 9.42. The van der Waals surface area contributed by atoms with Crippen LogP contribution in [0.15, 0.2) is 12.2 Å². The fraction of sp³-hybridized carbons (Fsp3) is 0.700. The second kappa shape index (κ2) is 5.43. The van der Waals surface area contributed by atoms with Crippen molar-refractivity contribution in [2.75, 3.05) is 0 Å². The van der Waals surface area contributed by atoms with E-state index in [9.17, 15) is 4.79 Å². The van der Waals surface area contributed by atoms with Gasteiger partial charge in [0, 0.05) is 11.8 Å². The van der Waals surface area contributed by atoms with Crippen molar-refractivity contribution in [2.24, 2.45) is 0 Å². The number of carbonyl (C=O) groups is 1. The number of rotatable bonds is 1. The smallest absolute Gasteiger partial charge is 0.302 e. The van der Waals surface area contributed by atoms with E-state index in [0.717, 1.165) is 25.7 Å². The molecule has 0 bridgehead atoms. The first-order valence-electron chi connectivity index (χ1n) is 4.66. The molecule has 0 aromatic carbocycles. The number of halogens is 1. The summed E-state index contributed by atoms with van der Waals surface area (Å²) in [5.74, 6) is -0.166. The van der Waals surface area contributed by atoms with Crippen molar-refractivity contribution >= 4 is 21.9 Å². The molecule has 0 spiro atoms. The minimum atomic E-state index is -0.166. The van der Waals surface area contributed by atoms with Crippen molar-refractivity contribution in [3.8, 4) is 0 Å². The summed E-state index contributed by atoms with van der Waals surface area (Å²) in [5, 5.41) is 0. The minimum absolute atomic E-state index is 0.113. The molecule has 1 aliphatic rings. The van der Waals surface area contributed by atoms with Crippen LogP contribution in [0.1, 0.15) is 32.6 Å². The van der Waals surface area contributed by atoms with Crippen LogP contribution in [0.4, 0.5) is 0 Å². The Morgan fingerprint density at radius 1 is 1.46 bits per heavy atom. The Morgan fingerprint density at radius 2 is 2.23 bits per heavy atom. The number of allylic oxidation sites excluding steroid dienone is 2. The fourth-order valence-corrected chi connectivity index (χ4v) is 1.94. The quantitative estimate of drug-likeness (QED) is 0.404. The first-order chi connectivity index (χ1) is 6.18. The van der Waals surface area contributed by atoms with Crippen LogP contribution in [0, 0.1) is 0 Å². The van der Waals surface area contributed by atoms with Crippen LogP contribution in [0.5, 0.6) is 0 Å². The largest absolute Gasteiger partial charge is 0.463 e. The number of carbonyl (C=O) groups excluding carboxylic acids is 1. The van der Waals surface area contributed by atoms with Gasteiger partial charge in [0.2, 0.25) is 0 Å². The molecule has 1 rings (SSSR count). The average molecular weight is 247 g/mol. The van der Waals surface area contributed by atoms with Crippen molar-refractivity contribution in [1.82, 2.24) is 0 Å². The summed E-state index contributed by atoms with van der Waals surface area (Å²) in [6.07, 6.45) is 8.38. The summed E-state index contributed by atoms with van der Waals surface area (Å²) in [4.78, 5) is 11.2. The van der Waals surface area contributed by atoms with Crippen molar-refractivity contribution in [3.05, 3.63) is 12.2 Å². The zero-order valence-electron chi connectivity index (χ0n) is 7.83. The lowest BCUT2D eigenvalue weighted by atomic mass is 10.0. The molecule has 0 aromatic heterocycles. The Morgan fingerprint density at radius 3 is 2.92 bits per heavy atom. The van der Waals surface area contributed by atoms with Gasteiger partial charge >= 0.3 is 5.97 Å². The topological polar surface area (TPSA) is 26.3 Å². The van der Waals surface area contributed by atoms with Gasteiger partial charge in [-0.15, -0.1) is 0 Å². The summed E-state index contributed by atoms with van der Waals surface area (Å²) in [5.41, 5.74) is 0. The molecular formula is C10H15BrO2. The normalized spacial score (nSPS) is 31.5. The van der Waals surface area contributed by atoms with Crippen LogP contribution in [0.2, 0.25) is 0 Å². The zero-order chi connectivity index (χ0) is 9.68. The predicted molar refractivity (Wildman–Crippen MR) is 55.9 cm³/mol. The van der Waals surface area contributed by atoms with Crippen molar-refractivity contribution < 1.29 is 9.53 Å². The fourth-order valence-electron chi connectivity index (χ4n) is 1.46. The van der Waals surface area contributed by atoms with E-state index in [0.29, 0.717) is 4.83 Å². The van der Waals surface area contributed by atoms with Crippen LogP contribution in [0.25, 0.3) is 0 Å². The molecule has 0 aliphatic heterocycles. The molecule has 74 valence electrons. The maximum atomic E-state index is 10.7. The summed E-state index contributed by atoms with van der Waals surface area (Å²) < 4.78 is 5.18. The Balaban J connectivity index is 2.40. The lowest BCUT2D eigenvalue weighted by molar-refractivity contribution is -0.146. The van der Waals surface area contributed by atoms with Gasteiger partial charge in [-0.25, -0.2) is 0 Å². The number of alkyl halides is 1. The van der Waals surface area contributed by atoms with Crippen LogP contribution < -0.4 is 0 Å². The predicted octanol–water partition coefficient (Wildman–Crippen LogP) is 2.81.